The van der Waals surface area contributed by atoms with E-state index in [2.05, 4.69) is 12.2 Å². The molecule has 0 bridgehead atoms. The first-order chi connectivity index (χ1) is 14.6. The number of rotatable bonds is 22. The highest BCUT2D eigenvalue weighted by atomic mass is 16.5. The molecule has 0 spiro atoms. The van der Waals surface area contributed by atoms with Crippen LogP contribution < -0.4 is 0 Å². The van der Waals surface area contributed by atoms with Crippen LogP contribution >= 0.6 is 0 Å². The fourth-order valence-corrected chi connectivity index (χ4v) is 3.23. The Morgan fingerprint density at radius 1 is 0.667 bits per heavy atom. The highest BCUT2D eigenvalue weighted by Crippen LogP contribution is 2.12. The number of allylic oxidation sites excluding steroid dienone is 2. The second-order valence-electron chi connectivity index (χ2n) is 8.19. The van der Waals surface area contributed by atoms with Crippen LogP contribution in [0.5, 0.6) is 0 Å². The number of hydrogen-bond donors (Lipinski definition) is 4. The molecule has 0 heterocycles. The molecule has 178 valence electrons. The fourth-order valence-electron chi connectivity index (χ4n) is 3.23. The quantitative estimate of drug-likeness (QED) is 0.117. The Balaban J connectivity index is 3.23. The van der Waals surface area contributed by atoms with Gasteiger partial charge in [0.2, 0.25) is 0 Å². The van der Waals surface area contributed by atoms with Gasteiger partial charge < -0.3 is 25.2 Å². The van der Waals surface area contributed by atoms with E-state index in [-0.39, 0.29) is 25.8 Å². The van der Waals surface area contributed by atoms with E-state index in [0.29, 0.717) is 12.8 Å². The molecule has 6 nitrogen and oxygen atoms in total. The van der Waals surface area contributed by atoms with Crippen molar-refractivity contribution >= 4 is 5.97 Å². The number of ether oxygens (including phenoxy) is 1. The summed E-state index contributed by atoms with van der Waals surface area (Å²) >= 11 is 0. The van der Waals surface area contributed by atoms with Gasteiger partial charge in [0.25, 0.3) is 0 Å². The van der Waals surface area contributed by atoms with Gasteiger partial charge in [-0.15, -0.1) is 0 Å². The molecular weight excluding hydrogens is 384 g/mol. The van der Waals surface area contributed by atoms with Crippen LogP contribution in [0.25, 0.3) is 0 Å². The van der Waals surface area contributed by atoms with Crippen LogP contribution in [0.2, 0.25) is 0 Å². The zero-order valence-electron chi connectivity index (χ0n) is 18.8. The summed E-state index contributed by atoms with van der Waals surface area (Å²) in [7, 11) is 0. The summed E-state index contributed by atoms with van der Waals surface area (Å²) in [5.74, 6) is -0.302. The molecule has 0 aliphatic rings. The third kappa shape index (κ3) is 21.8. The fraction of sp³-hybridized carbons (Fsp3) is 0.875. The number of hydrogen-bond acceptors (Lipinski definition) is 6. The lowest BCUT2D eigenvalue weighted by Crippen LogP contribution is -2.21. The molecular formula is C24H46O6. The lowest BCUT2D eigenvalue weighted by Gasteiger charge is -2.08. The van der Waals surface area contributed by atoms with Crippen molar-refractivity contribution in [3.63, 3.8) is 0 Å². The Bertz CT molecular complexity index is 399. The molecule has 0 aromatic rings. The van der Waals surface area contributed by atoms with E-state index in [0.717, 1.165) is 44.9 Å². The van der Waals surface area contributed by atoms with Crippen LogP contribution in [-0.2, 0) is 9.53 Å². The average Bonchev–Trinajstić information content (AvgIpc) is 2.76. The molecule has 6 heteroatoms. The summed E-state index contributed by atoms with van der Waals surface area (Å²) in [6.45, 7) is -0.631. The molecule has 2 unspecified atom stereocenters. The van der Waals surface area contributed by atoms with E-state index in [1.165, 1.54) is 44.9 Å². The minimum absolute atomic E-state index is 0.119. The van der Waals surface area contributed by atoms with Crippen LogP contribution in [0.1, 0.15) is 103 Å². The molecule has 2 atom stereocenters. The van der Waals surface area contributed by atoms with E-state index >= 15 is 0 Å². The van der Waals surface area contributed by atoms with Gasteiger partial charge in [-0.3, -0.25) is 4.79 Å². The smallest absolute Gasteiger partial charge is 0.305 e. The second kappa shape index (κ2) is 22.7. The van der Waals surface area contributed by atoms with Crippen molar-refractivity contribution in [3.05, 3.63) is 12.2 Å². The summed E-state index contributed by atoms with van der Waals surface area (Å²) in [4.78, 5) is 11.4. The van der Waals surface area contributed by atoms with Crippen molar-refractivity contribution in [2.45, 2.75) is 115 Å². The van der Waals surface area contributed by atoms with Crippen LogP contribution in [0.3, 0.4) is 0 Å². The minimum atomic E-state index is -0.975. The van der Waals surface area contributed by atoms with E-state index < -0.39 is 12.2 Å². The third-order valence-corrected chi connectivity index (χ3v) is 5.18. The molecule has 0 saturated carbocycles. The van der Waals surface area contributed by atoms with E-state index in [4.69, 9.17) is 20.1 Å². The van der Waals surface area contributed by atoms with Crippen LogP contribution in [0.4, 0.5) is 0 Å². The molecule has 30 heavy (non-hydrogen) atoms. The SMILES string of the molecule is O=C(CCCCCCCC=CCCCCCCCCCC(O)CO)OCC(O)CO. The monoisotopic (exact) mass is 430 g/mol. The number of carbonyl (C=O) groups excluding carboxylic acids is 1. The highest BCUT2D eigenvalue weighted by Gasteiger charge is 2.07. The first kappa shape index (κ1) is 29.1. The van der Waals surface area contributed by atoms with Crippen molar-refractivity contribution in [2.24, 2.45) is 0 Å². The van der Waals surface area contributed by atoms with Gasteiger partial charge in [0.05, 0.1) is 19.3 Å². The van der Waals surface area contributed by atoms with Crippen molar-refractivity contribution in [2.75, 3.05) is 19.8 Å². The Morgan fingerprint density at radius 3 is 1.67 bits per heavy atom. The maximum Gasteiger partial charge on any atom is 0.305 e. The molecule has 0 radical (unpaired) electrons. The standard InChI is InChI=1S/C24H46O6/c25-19-22(27)17-15-13-11-9-7-5-3-1-2-4-6-8-10-12-14-16-18-24(29)30-21-23(28)20-26/h2,4,22-23,25-28H,1,3,5-21H2. The van der Waals surface area contributed by atoms with Gasteiger partial charge in [0.1, 0.15) is 12.7 Å². The largest absolute Gasteiger partial charge is 0.463 e. The molecule has 0 aliphatic heterocycles. The lowest BCUT2D eigenvalue weighted by molar-refractivity contribution is -0.147. The zero-order chi connectivity index (χ0) is 22.3. The molecule has 0 saturated heterocycles. The first-order valence-electron chi connectivity index (χ1n) is 12.0. The number of carbonyl (C=O) groups is 1. The van der Waals surface area contributed by atoms with E-state index in [1.54, 1.807) is 0 Å². The summed E-state index contributed by atoms with van der Waals surface area (Å²) in [5.41, 5.74) is 0. The van der Waals surface area contributed by atoms with Crippen LogP contribution in [0.15, 0.2) is 12.2 Å². The Labute approximate surface area is 183 Å². The first-order valence-corrected chi connectivity index (χ1v) is 12.0. The van der Waals surface area contributed by atoms with E-state index in [1.807, 2.05) is 0 Å². The van der Waals surface area contributed by atoms with E-state index in [9.17, 15) is 9.90 Å². The van der Waals surface area contributed by atoms with Gasteiger partial charge >= 0.3 is 5.97 Å². The van der Waals surface area contributed by atoms with Crippen LogP contribution in [-0.4, -0.2) is 58.4 Å². The van der Waals surface area contributed by atoms with Gasteiger partial charge in [-0.05, 0) is 38.5 Å². The van der Waals surface area contributed by atoms with Gasteiger partial charge in [-0.2, -0.15) is 0 Å². The predicted molar refractivity (Wildman–Crippen MR) is 120 cm³/mol. The van der Waals surface area contributed by atoms with Crippen molar-refractivity contribution in [1.29, 1.82) is 0 Å². The Hall–Kier alpha value is -0.950. The normalized spacial score (nSPS) is 13.6. The third-order valence-electron chi connectivity index (χ3n) is 5.18. The Morgan fingerprint density at radius 2 is 1.13 bits per heavy atom. The molecule has 0 aliphatic carbocycles. The summed E-state index contributed by atoms with van der Waals surface area (Å²) < 4.78 is 4.86. The van der Waals surface area contributed by atoms with Crippen molar-refractivity contribution in [1.82, 2.24) is 0 Å². The Kier molecular flexibility index (Phi) is 22.0. The zero-order valence-corrected chi connectivity index (χ0v) is 18.8. The maximum absolute atomic E-state index is 11.4. The average molecular weight is 431 g/mol. The van der Waals surface area contributed by atoms with Gasteiger partial charge in [0.15, 0.2) is 0 Å². The minimum Gasteiger partial charge on any atom is -0.463 e. The van der Waals surface area contributed by atoms with Gasteiger partial charge in [-0.1, -0.05) is 69.9 Å². The summed E-state index contributed by atoms with van der Waals surface area (Å²) in [5, 5.41) is 35.7. The topological polar surface area (TPSA) is 107 Å². The number of esters is 1. The molecule has 0 fully saturated rings. The van der Waals surface area contributed by atoms with Crippen molar-refractivity contribution < 1.29 is 30.0 Å². The molecule has 0 rings (SSSR count). The molecule has 0 aromatic heterocycles. The molecule has 4 N–H and O–H groups in total. The summed E-state index contributed by atoms with van der Waals surface area (Å²) in [6, 6.07) is 0. The number of unbranched alkanes of at least 4 members (excludes halogenated alkanes) is 12. The second-order valence-corrected chi connectivity index (χ2v) is 8.19. The number of aliphatic hydroxyl groups excluding tert-OH is 4. The van der Waals surface area contributed by atoms with Crippen LogP contribution in [0, 0.1) is 0 Å². The lowest BCUT2D eigenvalue weighted by atomic mass is 10.1. The number of aliphatic hydroxyl groups is 4. The molecule has 0 aromatic carbocycles. The van der Waals surface area contributed by atoms with Gasteiger partial charge in [-0.25, -0.2) is 0 Å². The maximum atomic E-state index is 11.4. The summed E-state index contributed by atoms with van der Waals surface area (Å²) in [6.07, 6.45) is 20.3. The highest BCUT2D eigenvalue weighted by molar-refractivity contribution is 5.69. The van der Waals surface area contributed by atoms with Crippen molar-refractivity contribution in [3.8, 4) is 0 Å². The molecule has 0 amide bonds. The van der Waals surface area contributed by atoms with Gasteiger partial charge in [0, 0.05) is 6.42 Å². The predicted octanol–water partition coefficient (Wildman–Crippen LogP) is 4.03.